The van der Waals surface area contributed by atoms with E-state index in [0.717, 1.165) is 0 Å². The Balaban J connectivity index is 2.01. The van der Waals surface area contributed by atoms with Crippen LogP contribution in [-0.4, -0.2) is 31.6 Å². The summed E-state index contributed by atoms with van der Waals surface area (Å²) in [5.41, 5.74) is 1.33. The predicted octanol–water partition coefficient (Wildman–Crippen LogP) is 4.38. The highest BCUT2D eigenvalue weighted by Crippen LogP contribution is 2.24. The van der Waals surface area contributed by atoms with Crippen molar-refractivity contribution in [3.63, 3.8) is 0 Å². The van der Waals surface area contributed by atoms with Gasteiger partial charge < -0.3 is 15.4 Å². The summed E-state index contributed by atoms with van der Waals surface area (Å²) in [5.74, 6) is -0.214. The minimum absolute atomic E-state index is 0.214. The number of urea groups is 1. The van der Waals surface area contributed by atoms with Gasteiger partial charge in [-0.1, -0.05) is 23.2 Å². The van der Waals surface area contributed by atoms with Crippen LogP contribution in [0.5, 0.6) is 0 Å². The third kappa shape index (κ3) is 5.74. The normalized spacial score (nSPS) is 10.4. The van der Waals surface area contributed by atoms with E-state index >= 15 is 0 Å². The molecule has 2 N–H and O–H groups in total. The van der Waals surface area contributed by atoms with Gasteiger partial charge in [-0.15, -0.1) is 0 Å². The molecule has 7 heteroatoms. The van der Waals surface area contributed by atoms with E-state index in [1.54, 1.807) is 36.4 Å². The molecule has 0 aromatic heterocycles. The summed E-state index contributed by atoms with van der Waals surface area (Å²) < 4.78 is 5.14. The van der Waals surface area contributed by atoms with E-state index in [1.807, 2.05) is 6.92 Å². The Bertz CT molecular complexity index is 748. The molecular weight excluding hydrogens is 363 g/mol. The van der Waals surface area contributed by atoms with Crippen LogP contribution in [0.25, 0.3) is 0 Å². The number of ether oxygens (including phenoxy) is 1. The number of hydrogen-bond donors (Lipinski definition) is 2. The van der Waals surface area contributed by atoms with Crippen molar-refractivity contribution in [3.05, 3.63) is 63.6 Å². The van der Waals surface area contributed by atoms with Gasteiger partial charge in [-0.05, 0) is 49.4 Å². The van der Waals surface area contributed by atoms with Crippen molar-refractivity contribution >= 4 is 40.7 Å². The Morgan fingerprint density at radius 3 is 2.44 bits per heavy atom. The molecule has 0 fully saturated rings. The first-order valence-corrected chi connectivity index (χ1v) is 8.49. The molecule has 0 heterocycles. The molecule has 2 amide bonds. The lowest BCUT2D eigenvalue weighted by Crippen LogP contribution is -2.31. The van der Waals surface area contributed by atoms with Gasteiger partial charge in [0.1, 0.15) is 0 Å². The van der Waals surface area contributed by atoms with Crippen LogP contribution >= 0.6 is 23.2 Å². The van der Waals surface area contributed by atoms with E-state index in [-0.39, 0.29) is 16.8 Å². The van der Waals surface area contributed by atoms with Crippen molar-refractivity contribution in [2.75, 3.05) is 25.1 Å². The molecule has 2 rings (SSSR count). The maximum absolute atomic E-state index is 12.5. The van der Waals surface area contributed by atoms with Crippen LogP contribution in [-0.2, 0) is 4.74 Å². The number of hydrogen-bond acceptors (Lipinski definition) is 3. The molecule has 0 aliphatic rings. The quantitative estimate of drug-likeness (QED) is 0.553. The summed E-state index contributed by atoms with van der Waals surface area (Å²) in [6.45, 7) is 3.33. The van der Waals surface area contributed by atoms with E-state index in [0.29, 0.717) is 41.6 Å². The number of carbonyl (C=O) groups is 2. The van der Waals surface area contributed by atoms with Gasteiger partial charge in [-0.25, -0.2) is 4.79 Å². The van der Waals surface area contributed by atoms with Crippen LogP contribution in [0.2, 0.25) is 10.0 Å². The Kier molecular flexibility index (Phi) is 7.25. The largest absolute Gasteiger partial charge is 0.380 e. The van der Waals surface area contributed by atoms with Crippen LogP contribution < -0.4 is 10.6 Å². The molecule has 0 atom stereocenters. The smallest absolute Gasteiger partial charge is 0.319 e. The first-order valence-electron chi connectivity index (χ1n) is 7.73. The van der Waals surface area contributed by atoms with E-state index in [4.69, 9.17) is 27.9 Å². The standard InChI is InChI=1S/C18H18Cl2N2O3/c1-2-25-10-9-21-18(24)22-14-7-8-15(16(20)11-14)17(23)12-3-5-13(19)6-4-12/h3-8,11H,2,9-10H2,1H3,(H2,21,22,24). The lowest BCUT2D eigenvalue weighted by Gasteiger charge is -2.10. The zero-order chi connectivity index (χ0) is 18.2. The van der Waals surface area contributed by atoms with Gasteiger partial charge in [0.15, 0.2) is 5.78 Å². The van der Waals surface area contributed by atoms with Gasteiger partial charge in [-0.3, -0.25) is 4.79 Å². The Hall–Kier alpha value is -2.08. The van der Waals surface area contributed by atoms with Crippen molar-refractivity contribution in [1.82, 2.24) is 5.32 Å². The minimum atomic E-state index is -0.368. The molecule has 0 saturated heterocycles. The second kappa shape index (κ2) is 9.42. The molecule has 25 heavy (non-hydrogen) atoms. The monoisotopic (exact) mass is 380 g/mol. The SMILES string of the molecule is CCOCCNC(=O)Nc1ccc(C(=O)c2ccc(Cl)cc2)c(Cl)c1. The van der Waals surface area contributed by atoms with Crippen LogP contribution in [0.4, 0.5) is 10.5 Å². The fraction of sp³-hybridized carbons (Fsp3) is 0.222. The third-order valence-electron chi connectivity index (χ3n) is 3.31. The summed E-state index contributed by atoms with van der Waals surface area (Å²) in [4.78, 5) is 24.2. The molecule has 132 valence electrons. The number of nitrogens with one attached hydrogen (secondary N) is 2. The first kappa shape index (κ1) is 19.2. The van der Waals surface area contributed by atoms with Gasteiger partial charge in [0.05, 0.1) is 11.6 Å². The highest BCUT2D eigenvalue weighted by atomic mass is 35.5. The van der Waals surface area contributed by atoms with Crippen molar-refractivity contribution < 1.29 is 14.3 Å². The van der Waals surface area contributed by atoms with Gasteiger partial charge in [0, 0.05) is 35.0 Å². The molecule has 5 nitrogen and oxygen atoms in total. The maximum Gasteiger partial charge on any atom is 0.319 e. The molecule has 0 unspecified atom stereocenters. The van der Waals surface area contributed by atoms with Crippen molar-refractivity contribution in [1.29, 1.82) is 0 Å². The molecule has 2 aromatic carbocycles. The molecule has 0 spiro atoms. The summed E-state index contributed by atoms with van der Waals surface area (Å²) >= 11 is 12.0. The molecular formula is C18H18Cl2N2O3. The van der Waals surface area contributed by atoms with Gasteiger partial charge in [0.2, 0.25) is 0 Å². The van der Waals surface area contributed by atoms with Crippen LogP contribution in [0, 0.1) is 0 Å². The van der Waals surface area contributed by atoms with Crippen LogP contribution in [0.15, 0.2) is 42.5 Å². The molecule has 2 aromatic rings. The van der Waals surface area contributed by atoms with Crippen molar-refractivity contribution in [2.24, 2.45) is 0 Å². The summed E-state index contributed by atoms with van der Waals surface area (Å²) in [7, 11) is 0. The summed E-state index contributed by atoms with van der Waals surface area (Å²) in [5, 5.41) is 6.12. The number of benzene rings is 2. The second-order valence-electron chi connectivity index (χ2n) is 5.11. The molecule has 0 radical (unpaired) electrons. The highest BCUT2D eigenvalue weighted by molar-refractivity contribution is 6.35. The average Bonchev–Trinajstić information content (AvgIpc) is 2.59. The summed E-state index contributed by atoms with van der Waals surface area (Å²) in [6, 6.07) is 10.9. The number of carbonyl (C=O) groups excluding carboxylic acids is 2. The zero-order valence-electron chi connectivity index (χ0n) is 13.6. The van der Waals surface area contributed by atoms with Crippen LogP contribution in [0.1, 0.15) is 22.8 Å². The van der Waals surface area contributed by atoms with E-state index in [2.05, 4.69) is 10.6 Å². The fourth-order valence-electron chi connectivity index (χ4n) is 2.09. The fourth-order valence-corrected chi connectivity index (χ4v) is 2.48. The lowest BCUT2D eigenvalue weighted by molar-refractivity contribution is 0.103. The predicted molar refractivity (Wildman–Crippen MR) is 99.9 cm³/mol. The number of amides is 2. The highest BCUT2D eigenvalue weighted by Gasteiger charge is 2.14. The molecule has 0 aliphatic heterocycles. The second-order valence-corrected chi connectivity index (χ2v) is 5.95. The number of rotatable bonds is 7. The minimum Gasteiger partial charge on any atom is -0.380 e. The molecule has 0 saturated carbocycles. The van der Waals surface area contributed by atoms with Crippen molar-refractivity contribution in [2.45, 2.75) is 6.92 Å². The lowest BCUT2D eigenvalue weighted by atomic mass is 10.0. The Labute approximate surface area is 156 Å². The summed E-state index contributed by atoms with van der Waals surface area (Å²) in [6.07, 6.45) is 0. The number of halogens is 2. The van der Waals surface area contributed by atoms with Crippen molar-refractivity contribution in [3.8, 4) is 0 Å². The van der Waals surface area contributed by atoms with E-state index in [9.17, 15) is 9.59 Å². The topological polar surface area (TPSA) is 67.4 Å². The number of anilines is 1. The van der Waals surface area contributed by atoms with Gasteiger partial charge >= 0.3 is 6.03 Å². The third-order valence-corrected chi connectivity index (χ3v) is 3.88. The van der Waals surface area contributed by atoms with Gasteiger partial charge in [-0.2, -0.15) is 0 Å². The van der Waals surface area contributed by atoms with Gasteiger partial charge in [0.25, 0.3) is 0 Å². The van der Waals surface area contributed by atoms with E-state index < -0.39 is 0 Å². The first-order chi connectivity index (χ1) is 12.0. The van der Waals surface area contributed by atoms with Crippen LogP contribution in [0.3, 0.4) is 0 Å². The number of ketones is 1. The Morgan fingerprint density at radius 2 is 1.80 bits per heavy atom. The molecule has 0 bridgehead atoms. The zero-order valence-corrected chi connectivity index (χ0v) is 15.2. The maximum atomic E-state index is 12.5. The Morgan fingerprint density at radius 1 is 1.08 bits per heavy atom. The van der Waals surface area contributed by atoms with E-state index in [1.165, 1.54) is 6.07 Å². The average molecular weight is 381 g/mol. The molecule has 0 aliphatic carbocycles.